The van der Waals surface area contributed by atoms with Crippen LogP contribution in [0.5, 0.6) is 11.5 Å². The molecule has 322 valence electrons. The Morgan fingerprint density at radius 1 is 0.672 bits per heavy atom. The third kappa shape index (κ3) is 8.03. The van der Waals surface area contributed by atoms with Crippen LogP contribution in [0.15, 0.2) is 164 Å². The van der Waals surface area contributed by atoms with Crippen LogP contribution in [0.2, 0.25) is 0 Å². The van der Waals surface area contributed by atoms with Crippen LogP contribution in [0.4, 0.5) is 22.7 Å². The van der Waals surface area contributed by atoms with Gasteiger partial charge in [-0.05, 0) is 75.7 Å². The van der Waals surface area contributed by atoms with Gasteiger partial charge in [0.05, 0.1) is 13.7 Å². The summed E-state index contributed by atoms with van der Waals surface area (Å²) < 4.78 is 96.1. The number of pyridine rings is 1. The number of anilines is 4. The number of aromatic nitrogens is 2. The molecule has 0 fully saturated rings. The van der Waals surface area contributed by atoms with Crippen molar-refractivity contribution in [1.29, 1.82) is 0 Å². The van der Waals surface area contributed by atoms with Gasteiger partial charge in [0.1, 0.15) is 5.82 Å². The Balaban J connectivity index is 0.00000672. The molecule has 9 aromatic rings. The third-order valence-corrected chi connectivity index (χ3v) is 11.5. The minimum atomic E-state index is -0.561. The summed E-state index contributed by atoms with van der Waals surface area (Å²) in [4.78, 5) is 8.58. The van der Waals surface area contributed by atoms with Gasteiger partial charge in [-0.15, -0.1) is 48.1 Å². The second-order valence-electron chi connectivity index (χ2n) is 16.8. The Hall–Kier alpha value is -6.42. The molecule has 6 heteroatoms. The first-order valence-corrected chi connectivity index (χ1v) is 21.4. The molecule has 7 aromatic carbocycles. The summed E-state index contributed by atoms with van der Waals surface area (Å²) in [6.07, 6.45) is 5.75. The van der Waals surface area contributed by atoms with Gasteiger partial charge in [-0.3, -0.25) is 0 Å². The Kier molecular flexibility index (Phi) is 9.07. The average molecular weight is 1030 g/mol. The predicted molar refractivity (Wildman–Crippen MR) is 262 cm³/mol. The molecule has 5 nitrogen and oxygen atoms in total. The van der Waals surface area contributed by atoms with E-state index in [9.17, 15) is 0 Å². The van der Waals surface area contributed by atoms with Gasteiger partial charge in [-0.2, -0.15) is 12.1 Å². The molecule has 0 bridgehead atoms. The van der Waals surface area contributed by atoms with Crippen LogP contribution in [0, 0.1) is 18.8 Å². The van der Waals surface area contributed by atoms with Crippen LogP contribution in [-0.4, -0.2) is 9.55 Å². The molecule has 3 heterocycles. The second-order valence-corrected chi connectivity index (χ2v) is 16.8. The number of fused-ring (bicyclic) bond motifs is 4. The molecular weight excluding hydrogens is 964 g/mol. The summed E-state index contributed by atoms with van der Waals surface area (Å²) in [6.45, 7) is 12.7. The van der Waals surface area contributed by atoms with Crippen molar-refractivity contribution < 1.29 is 39.5 Å². The Labute approximate surface area is 406 Å². The molecule has 0 saturated heterocycles. The van der Waals surface area contributed by atoms with Gasteiger partial charge in [-0.25, -0.2) is 4.98 Å². The number of hydrogen-bond donors (Lipinski definition) is 0. The molecule has 0 atom stereocenters. The van der Waals surface area contributed by atoms with Crippen molar-refractivity contribution >= 4 is 44.6 Å². The monoisotopic (exact) mass is 1020 g/mol. The fraction of sp³-hybridized carbons (Fsp3) is 0.172. The molecule has 1 aliphatic heterocycles. The fourth-order valence-electron chi connectivity index (χ4n) is 8.60. The number of para-hydroxylation sites is 3. The van der Waals surface area contributed by atoms with E-state index in [1.807, 2.05) is 59.6 Å². The largest absolute Gasteiger partial charge is 0.509 e. The quantitative estimate of drug-likeness (QED) is 0.121. The first-order chi connectivity index (χ1) is 34.9. The molecule has 0 spiro atoms. The first kappa shape index (κ1) is 32.3. The van der Waals surface area contributed by atoms with Crippen LogP contribution in [-0.2, 0) is 39.3 Å². The smallest absolute Gasteiger partial charge is 0.135 e. The standard InChI is InChI=1S/C58H51N4O.Pt/c1-6-18-40-34-43(19-7-2)56-51(35-40)50-31-30-47(38-54(50)62(56)55-36-44(32-33-59-55)58(3,4)5)63-46-25-16-24-45(37-46)60-39-61(53-29-15-14-28-52(53)60)57-48(41-20-10-8-11-21-41)26-17-27-49(57)42-22-12-9-13-23-42;/h8-17,20-36,39H,6-7,18-19H2,1-5H3;/q-3;/i8D,9D,10D,11D,12D,13D,20D,21D,22D,23D;. The van der Waals surface area contributed by atoms with Gasteiger partial charge in [0.2, 0.25) is 0 Å². The maximum absolute atomic E-state index is 9.04. The zero-order valence-corrected chi connectivity index (χ0v) is 38.5. The SMILES string of the molecule is [2H]c1c([2H])c([2H])c(-c2cccc(-c3c([2H])c([2H])c([2H])c([2H])c3[2H])c2N2[CH-]N(c3[c-]c(Oc4[c-]c5c(cc4)c4cc(CCC)cc(CCC)c4n5-c4cc(C(C)(C)C)ccn4)ccc3)c3ccccc32)c([2H])c1[2H].[Pt]. The van der Waals surface area contributed by atoms with Crippen molar-refractivity contribution in [3.05, 3.63) is 199 Å². The summed E-state index contributed by atoms with van der Waals surface area (Å²) in [5, 5.41) is 2.17. The van der Waals surface area contributed by atoms with Gasteiger partial charge in [0, 0.05) is 72.5 Å². The van der Waals surface area contributed by atoms with Crippen molar-refractivity contribution in [3.63, 3.8) is 0 Å². The normalized spacial score (nSPS) is 14.6. The van der Waals surface area contributed by atoms with Crippen molar-refractivity contribution in [2.24, 2.45) is 0 Å². The Morgan fingerprint density at radius 3 is 2.00 bits per heavy atom. The van der Waals surface area contributed by atoms with Crippen LogP contribution in [0.1, 0.15) is 77.9 Å². The van der Waals surface area contributed by atoms with Gasteiger partial charge in [0.25, 0.3) is 0 Å². The average Bonchev–Trinajstić information content (AvgIpc) is 3.94. The van der Waals surface area contributed by atoms with E-state index in [2.05, 4.69) is 81.7 Å². The van der Waals surface area contributed by atoms with Crippen molar-refractivity contribution in [3.8, 4) is 39.6 Å². The number of ether oxygens (including phenoxy) is 1. The Morgan fingerprint density at radius 2 is 1.33 bits per heavy atom. The Bertz CT molecular complexity index is 3560. The van der Waals surface area contributed by atoms with Crippen molar-refractivity contribution in [2.45, 2.75) is 65.7 Å². The first-order valence-electron chi connectivity index (χ1n) is 26.4. The van der Waals surface area contributed by atoms with Crippen molar-refractivity contribution in [1.82, 2.24) is 9.55 Å². The molecule has 10 rings (SSSR count). The number of nitrogens with zero attached hydrogens (tertiary/aromatic N) is 4. The minimum absolute atomic E-state index is 0. The van der Waals surface area contributed by atoms with E-state index in [0.29, 0.717) is 28.6 Å². The molecule has 0 unspecified atom stereocenters. The molecule has 0 amide bonds. The van der Waals surface area contributed by atoms with Gasteiger partial charge < -0.3 is 19.1 Å². The van der Waals surface area contributed by atoms with E-state index >= 15 is 0 Å². The molecule has 1 aliphatic rings. The van der Waals surface area contributed by atoms with E-state index in [-0.39, 0.29) is 54.4 Å². The van der Waals surface area contributed by atoms with E-state index < -0.39 is 60.4 Å². The van der Waals surface area contributed by atoms with Crippen molar-refractivity contribution in [2.75, 3.05) is 9.80 Å². The molecule has 0 saturated carbocycles. The van der Waals surface area contributed by atoms with Crippen LogP contribution >= 0.6 is 0 Å². The molecule has 0 radical (unpaired) electrons. The van der Waals surface area contributed by atoms with E-state index in [1.165, 1.54) is 11.1 Å². The second kappa shape index (κ2) is 18.0. The van der Waals surface area contributed by atoms with Crippen LogP contribution < -0.4 is 14.5 Å². The topological polar surface area (TPSA) is 33.5 Å². The number of hydrogen-bond acceptors (Lipinski definition) is 4. The summed E-state index contributed by atoms with van der Waals surface area (Å²) in [6, 6.07) is 32.7. The zero-order chi connectivity index (χ0) is 51.8. The maximum atomic E-state index is 9.04. The van der Waals surface area contributed by atoms with E-state index in [0.717, 1.165) is 58.9 Å². The number of rotatable bonds is 11. The van der Waals surface area contributed by atoms with E-state index in [4.69, 9.17) is 23.4 Å². The van der Waals surface area contributed by atoms with Crippen LogP contribution in [0.3, 0.4) is 0 Å². The maximum Gasteiger partial charge on any atom is 0.135 e. The summed E-state index contributed by atoms with van der Waals surface area (Å²) >= 11 is 0. The minimum Gasteiger partial charge on any atom is -0.509 e. The number of aryl methyl sites for hydroxylation is 2. The molecular formula is C58H51N4OPt-3. The summed E-state index contributed by atoms with van der Waals surface area (Å²) in [7, 11) is 0. The van der Waals surface area contributed by atoms with Crippen LogP contribution in [0.25, 0.3) is 49.9 Å². The predicted octanol–water partition coefficient (Wildman–Crippen LogP) is 15.5. The molecule has 0 N–H and O–H groups in total. The fourth-order valence-corrected chi connectivity index (χ4v) is 8.60. The summed E-state index contributed by atoms with van der Waals surface area (Å²) in [5.74, 6) is 1.65. The van der Waals surface area contributed by atoms with Gasteiger partial charge in [0.15, 0.2) is 0 Å². The number of benzene rings is 7. The molecule has 0 aliphatic carbocycles. The molecule has 64 heavy (non-hydrogen) atoms. The molecule has 2 aromatic heterocycles. The van der Waals surface area contributed by atoms with Gasteiger partial charge >= 0.3 is 0 Å². The van der Waals surface area contributed by atoms with E-state index in [1.54, 1.807) is 29.8 Å². The summed E-state index contributed by atoms with van der Waals surface area (Å²) in [5.41, 5.74) is 7.72. The third-order valence-electron chi connectivity index (χ3n) is 11.5. The van der Waals surface area contributed by atoms with Gasteiger partial charge in [-0.1, -0.05) is 156 Å². The zero-order valence-electron chi connectivity index (χ0n) is 46.2.